The molecule has 186 valence electrons. The first-order valence-corrected chi connectivity index (χ1v) is 12.1. The van der Waals surface area contributed by atoms with E-state index in [9.17, 15) is 9.59 Å². The lowest BCUT2D eigenvalue weighted by Gasteiger charge is -2.32. The van der Waals surface area contributed by atoms with Crippen LogP contribution in [0.3, 0.4) is 0 Å². The first-order chi connectivity index (χ1) is 16.5. The number of hydrogen-bond donors (Lipinski definition) is 0. The summed E-state index contributed by atoms with van der Waals surface area (Å²) in [5.74, 6) is 0.611. The highest BCUT2D eigenvalue weighted by atomic mass is 16.5. The van der Waals surface area contributed by atoms with Crippen molar-refractivity contribution in [2.75, 3.05) is 77.2 Å². The van der Waals surface area contributed by atoms with Gasteiger partial charge in [0.25, 0.3) is 5.56 Å². The van der Waals surface area contributed by atoms with E-state index in [1.165, 1.54) is 9.13 Å². The number of nitrogens with zero attached hydrogens (tertiary/aromatic N) is 8. The molecular weight excluding hydrogens is 440 g/mol. The third kappa shape index (κ3) is 4.19. The minimum Gasteiger partial charge on any atom is -0.379 e. The Morgan fingerprint density at radius 2 is 1.50 bits per heavy atom. The smallest absolute Gasteiger partial charge is 0.332 e. The fourth-order valence-electron chi connectivity index (χ4n) is 4.86. The molecule has 0 radical (unpaired) electrons. The average molecular weight is 475 g/mol. The largest absolute Gasteiger partial charge is 0.379 e. The zero-order chi connectivity index (χ0) is 23.8. The first kappa shape index (κ1) is 23.2. The van der Waals surface area contributed by atoms with Crippen molar-refractivity contribution in [1.82, 2.24) is 28.5 Å². The molecule has 34 heavy (non-hydrogen) atoms. The number of fused-ring (bicyclic) bond motifs is 3. The molecule has 1 unspecified atom stereocenters. The molecule has 1 atom stereocenters. The minimum atomic E-state index is -0.341. The van der Waals surface area contributed by atoms with Gasteiger partial charge < -0.3 is 9.47 Å². The maximum absolute atomic E-state index is 13.6. The van der Waals surface area contributed by atoms with Crippen LogP contribution in [0, 0.1) is 0 Å². The molecule has 0 N–H and O–H groups in total. The Balaban J connectivity index is 1.49. The first-order valence-electron chi connectivity index (χ1n) is 12.1. The van der Waals surface area contributed by atoms with Crippen molar-refractivity contribution in [3.8, 4) is 0 Å². The van der Waals surface area contributed by atoms with Gasteiger partial charge in [0.2, 0.25) is 5.95 Å². The molecule has 2 saturated heterocycles. The molecule has 2 fully saturated rings. The summed E-state index contributed by atoms with van der Waals surface area (Å²) < 4.78 is 15.6. The van der Waals surface area contributed by atoms with Crippen LogP contribution in [-0.4, -0.2) is 106 Å². The van der Waals surface area contributed by atoms with Gasteiger partial charge in [-0.1, -0.05) is 0 Å². The summed E-state index contributed by atoms with van der Waals surface area (Å²) in [6, 6.07) is -0.127. The molecule has 0 bridgehead atoms. The number of aryl methyl sites for hydroxylation is 1. The van der Waals surface area contributed by atoms with Gasteiger partial charge in [0, 0.05) is 52.9 Å². The number of hydrogen-bond acceptors (Lipinski definition) is 9. The SMILES string of the molecule is CC1=NN(CCN2CCOCC2)c2nc3c(c(=O)n(CCN4CCOCC4)c(=O)n3C)n2C1C. The Bertz CT molecular complexity index is 1190. The van der Waals surface area contributed by atoms with Gasteiger partial charge in [-0.2, -0.15) is 10.1 Å². The van der Waals surface area contributed by atoms with Crippen molar-refractivity contribution < 1.29 is 9.47 Å². The summed E-state index contributed by atoms with van der Waals surface area (Å²) in [4.78, 5) is 36.1. The zero-order valence-corrected chi connectivity index (χ0v) is 20.3. The molecule has 2 aromatic rings. The summed E-state index contributed by atoms with van der Waals surface area (Å²) in [6.45, 7) is 12.7. The van der Waals surface area contributed by atoms with Gasteiger partial charge in [-0.3, -0.25) is 28.3 Å². The highest BCUT2D eigenvalue weighted by molar-refractivity contribution is 5.91. The standard InChI is InChI=1S/C22H34N8O4/c1-16-17(2)30-18-19(23-21(30)29(24-16)7-5-27-10-14-34-15-11-27)25(3)22(32)28(20(18)31)6-4-26-8-12-33-13-9-26/h17H,4-15H2,1-3H3. The highest BCUT2D eigenvalue weighted by Gasteiger charge is 2.31. The molecule has 3 aliphatic heterocycles. The van der Waals surface area contributed by atoms with Crippen molar-refractivity contribution in [3.05, 3.63) is 20.8 Å². The lowest BCUT2D eigenvalue weighted by molar-refractivity contribution is 0.0361. The third-order valence-electron chi connectivity index (χ3n) is 7.13. The van der Waals surface area contributed by atoms with Gasteiger partial charge in [0.15, 0.2) is 11.2 Å². The van der Waals surface area contributed by atoms with E-state index in [2.05, 4.69) is 9.80 Å². The van der Waals surface area contributed by atoms with Crippen LogP contribution in [0.15, 0.2) is 14.7 Å². The monoisotopic (exact) mass is 474 g/mol. The van der Waals surface area contributed by atoms with Gasteiger partial charge >= 0.3 is 5.69 Å². The number of morpholine rings is 2. The van der Waals surface area contributed by atoms with E-state index in [0.717, 1.165) is 51.6 Å². The molecule has 12 heteroatoms. The summed E-state index contributed by atoms with van der Waals surface area (Å²) in [7, 11) is 1.69. The molecule has 12 nitrogen and oxygen atoms in total. The maximum Gasteiger partial charge on any atom is 0.332 e. The predicted molar refractivity (Wildman–Crippen MR) is 129 cm³/mol. The number of anilines is 1. The van der Waals surface area contributed by atoms with Crippen LogP contribution in [0.5, 0.6) is 0 Å². The fourth-order valence-corrected chi connectivity index (χ4v) is 4.86. The van der Waals surface area contributed by atoms with E-state index in [4.69, 9.17) is 19.6 Å². The predicted octanol–water partition coefficient (Wildman–Crippen LogP) is -0.682. The van der Waals surface area contributed by atoms with Crippen LogP contribution >= 0.6 is 0 Å². The number of imidazole rings is 1. The second kappa shape index (κ2) is 9.61. The average Bonchev–Trinajstić information content (AvgIpc) is 3.27. The summed E-state index contributed by atoms with van der Waals surface area (Å²) in [5, 5.41) is 6.65. The zero-order valence-electron chi connectivity index (χ0n) is 20.3. The van der Waals surface area contributed by atoms with Crippen LogP contribution in [0.25, 0.3) is 11.2 Å². The highest BCUT2D eigenvalue weighted by Crippen LogP contribution is 2.29. The van der Waals surface area contributed by atoms with E-state index >= 15 is 0 Å². The third-order valence-corrected chi connectivity index (χ3v) is 7.13. The molecule has 3 aliphatic rings. The molecule has 0 aromatic carbocycles. The molecule has 5 heterocycles. The van der Waals surface area contributed by atoms with E-state index in [-0.39, 0.29) is 17.3 Å². The van der Waals surface area contributed by atoms with E-state index in [1.54, 1.807) is 7.05 Å². The quantitative estimate of drug-likeness (QED) is 0.543. The molecule has 0 amide bonds. The van der Waals surface area contributed by atoms with Gasteiger partial charge in [-0.15, -0.1) is 0 Å². The minimum absolute atomic E-state index is 0.127. The van der Waals surface area contributed by atoms with E-state index in [1.807, 2.05) is 23.4 Å². The molecule has 0 aliphatic carbocycles. The lowest BCUT2D eigenvalue weighted by Crippen LogP contribution is -2.45. The van der Waals surface area contributed by atoms with Gasteiger partial charge in [-0.25, -0.2) is 9.80 Å². The van der Waals surface area contributed by atoms with Crippen molar-refractivity contribution in [2.45, 2.75) is 26.4 Å². The Morgan fingerprint density at radius 3 is 2.12 bits per heavy atom. The Morgan fingerprint density at radius 1 is 0.912 bits per heavy atom. The van der Waals surface area contributed by atoms with Crippen molar-refractivity contribution in [3.63, 3.8) is 0 Å². The van der Waals surface area contributed by atoms with Crippen molar-refractivity contribution >= 4 is 22.8 Å². The van der Waals surface area contributed by atoms with Crippen LogP contribution in [0.2, 0.25) is 0 Å². The van der Waals surface area contributed by atoms with Crippen molar-refractivity contribution in [2.24, 2.45) is 12.1 Å². The summed E-state index contributed by atoms with van der Waals surface area (Å²) in [5.41, 5.74) is 1.13. The van der Waals surface area contributed by atoms with Gasteiger partial charge in [0.05, 0.1) is 44.7 Å². The van der Waals surface area contributed by atoms with Crippen LogP contribution in [-0.2, 0) is 23.1 Å². The van der Waals surface area contributed by atoms with Crippen LogP contribution in [0.1, 0.15) is 19.9 Å². The second-order valence-corrected chi connectivity index (χ2v) is 9.20. The molecular formula is C22H34N8O4. The van der Waals surface area contributed by atoms with Gasteiger partial charge in [-0.05, 0) is 13.8 Å². The number of aromatic nitrogens is 4. The van der Waals surface area contributed by atoms with Crippen molar-refractivity contribution in [1.29, 1.82) is 0 Å². The van der Waals surface area contributed by atoms with Crippen LogP contribution in [0.4, 0.5) is 5.95 Å². The maximum atomic E-state index is 13.6. The van der Waals surface area contributed by atoms with E-state index < -0.39 is 0 Å². The fraction of sp³-hybridized carbons (Fsp3) is 0.727. The number of hydrazone groups is 1. The number of ether oxygens (including phenoxy) is 2. The van der Waals surface area contributed by atoms with Gasteiger partial charge in [0.1, 0.15) is 0 Å². The summed E-state index contributed by atoms with van der Waals surface area (Å²) >= 11 is 0. The molecule has 2 aromatic heterocycles. The lowest BCUT2D eigenvalue weighted by atomic mass is 10.2. The van der Waals surface area contributed by atoms with E-state index in [0.29, 0.717) is 50.0 Å². The molecule has 5 rings (SSSR count). The normalized spacial score (nSPS) is 22.3. The molecule has 0 saturated carbocycles. The molecule has 0 spiro atoms. The Labute approximate surface area is 197 Å². The van der Waals surface area contributed by atoms with Crippen LogP contribution < -0.4 is 16.3 Å². The second-order valence-electron chi connectivity index (χ2n) is 9.20. The topological polar surface area (TPSA) is 102 Å². The summed E-state index contributed by atoms with van der Waals surface area (Å²) in [6.07, 6.45) is 0. The Hall–Kier alpha value is -2.54. The number of rotatable bonds is 6. The Kier molecular flexibility index (Phi) is 6.56.